The highest BCUT2D eigenvalue weighted by Crippen LogP contribution is 2.15. The van der Waals surface area contributed by atoms with Gasteiger partial charge in [-0.15, -0.1) is 0 Å². The minimum atomic E-state index is -0.469. The summed E-state index contributed by atoms with van der Waals surface area (Å²) in [6.07, 6.45) is 1.10. The second-order valence-electron chi connectivity index (χ2n) is 6.25. The molecule has 1 amide bonds. The third-order valence-electron chi connectivity index (χ3n) is 3.77. The topological polar surface area (TPSA) is 66.0 Å². The third-order valence-corrected chi connectivity index (χ3v) is 3.77. The van der Waals surface area contributed by atoms with Crippen LogP contribution in [0.1, 0.15) is 27.2 Å². The molecule has 0 aromatic rings. The van der Waals surface area contributed by atoms with E-state index in [0.29, 0.717) is 19.0 Å². The van der Waals surface area contributed by atoms with Crippen LogP contribution in [0.3, 0.4) is 0 Å². The van der Waals surface area contributed by atoms with Gasteiger partial charge in [0.15, 0.2) is 5.96 Å². The molecule has 1 saturated heterocycles. The highest BCUT2D eigenvalue weighted by atomic mass is 16.5. The number of nitrogens with one attached hydrogen (secondary N) is 2. The van der Waals surface area contributed by atoms with E-state index in [4.69, 9.17) is 4.74 Å². The molecule has 1 aliphatic rings. The fourth-order valence-electron chi connectivity index (χ4n) is 2.37. The molecule has 1 fully saturated rings. The van der Waals surface area contributed by atoms with E-state index in [1.807, 2.05) is 27.8 Å². The highest BCUT2D eigenvalue weighted by Gasteiger charge is 2.28. The number of rotatable bonds is 6. The van der Waals surface area contributed by atoms with Crippen molar-refractivity contribution in [3.63, 3.8) is 0 Å². The van der Waals surface area contributed by atoms with E-state index in [-0.39, 0.29) is 5.91 Å². The third kappa shape index (κ3) is 5.53. The molecular weight excluding hydrogens is 268 g/mol. The lowest BCUT2D eigenvalue weighted by Crippen LogP contribution is -2.49. The largest absolute Gasteiger partial charge is 0.381 e. The Kier molecular flexibility index (Phi) is 6.95. The molecule has 0 spiro atoms. The molecule has 1 aliphatic heterocycles. The van der Waals surface area contributed by atoms with Gasteiger partial charge in [-0.3, -0.25) is 9.79 Å². The van der Waals surface area contributed by atoms with Crippen LogP contribution in [0.25, 0.3) is 0 Å². The molecule has 0 aromatic heterocycles. The fraction of sp³-hybridized carbons (Fsp3) is 0.867. The first-order valence-electron chi connectivity index (χ1n) is 7.68. The first kappa shape index (κ1) is 17.8. The van der Waals surface area contributed by atoms with Gasteiger partial charge in [0, 0.05) is 46.3 Å². The summed E-state index contributed by atoms with van der Waals surface area (Å²) in [7, 11) is 3.79. The van der Waals surface area contributed by atoms with Crippen LogP contribution >= 0.6 is 0 Å². The Balaban J connectivity index is 2.47. The van der Waals surface area contributed by atoms with Crippen LogP contribution in [0.2, 0.25) is 0 Å². The number of carbonyl (C=O) groups excluding carboxylic acids is 1. The van der Waals surface area contributed by atoms with Crippen molar-refractivity contribution in [3.05, 3.63) is 0 Å². The summed E-state index contributed by atoms with van der Waals surface area (Å²) in [5.41, 5.74) is -0.469. The maximum atomic E-state index is 12.0. The SMILES string of the molecule is CCNC(=O)C(C)(C)CNC(=NC)N(C)CC1CCOC1. The van der Waals surface area contributed by atoms with E-state index in [1.54, 1.807) is 7.05 Å². The summed E-state index contributed by atoms with van der Waals surface area (Å²) in [5.74, 6) is 1.43. The minimum absolute atomic E-state index is 0.0554. The normalized spacial score (nSPS) is 19.5. The van der Waals surface area contributed by atoms with Gasteiger partial charge in [0.05, 0.1) is 12.0 Å². The maximum absolute atomic E-state index is 12.0. The number of hydrogen-bond acceptors (Lipinski definition) is 3. The zero-order valence-electron chi connectivity index (χ0n) is 14.0. The van der Waals surface area contributed by atoms with Gasteiger partial charge in [-0.2, -0.15) is 0 Å². The molecule has 2 N–H and O–H groups in total. The Morgan fingerprint density at radius 3 is 2.67 bits per heavy atom. The lowest BCUT2D eigenvalue weighted by molar-refractivity contribution is -0.128. The predicted octanol–water partition coefficient (Wildman–Crippen LogP) is 0.692. The van der Waals surface area contributed by atoms with Crippen molar-refractivity contribution in [2.24, 2.45) is 16.3 Å². The molecule has 6 heteroatoms. The molecule has 122 valence electrons. The van der Waals surface area contributed by atoms with Crippen LogP contribution in [0.4, 0.5) is 0 Å². The van der Waals surface area contributed by atoms with Gasteiger partial charge in [0.2, 0.25) is 5.91 Å². The van der Waals surface area contributed by atoms with Crippen LogP contribution in [-0.4, -0.2) is 63.7 Å². The summed E-state index contributed by atoms with van der Waals surface area (Å²) >= 11 is 0. The Labute approximate surface area is 128 Å². The van der Waals surface area contributed by atoms with Gasteiger partial charge in [-0.05, 0) is 27.2 Å². The molecule has 0 radical (unpaired) electrons. The number of carbonyl (C=O) groups is 1. The van der Waals surface area contributed by atoms with Crippen molar-refractivity contribution in [2.45, 2.75) is 27.2 Å². The second-order valence-corrected chi connectivity index (χ2v) is 6.25. The fourth-order valence-corrected chi connectivity index (χ4v) is 2.37. The summed E-state index contributed by atoms with van der Waals surface area (Å²) in [6, 6.07) is 0. The maximum Gasteiger partial charge on any atom is 0.227 e. The smallest absolute Gasteiger partial charge is 0.227 e. The minimum Gasteiger partial charge on any atom is -0.381 e. The van der Waals surface area contributed by atoms with Gasteiger partial charge in [0.25, 0.3) is 0 Å². The molecule has 1 atom stereocenters. The van der Waals surface area contributed by atoms with Crippen LogP contribution in [-0.2, 0) is 9.53 Å². The summed E-state index contributed by atoms with van der Waals surface area (Å²) < 4.78 is 5.40. The Morgan fingerprint density at radius 2 is 2.14 bits per heavy atom. The Bertz CT molecular complexity index is 363. The average molecular weight is 298 g/mol. The van der Waals surface area contributed by atoms with Crippen molar-refractivity contribution in [1.82, 2.24) is 15.5 Å². The van der Waals surface area contributed by atoms with E-state index in [1.165, 1.54) is 0 Å². The van der Waals surface area contributed by atoms with E-state index >= 15 is 0 Å². The molecule has 1 rings (SSSR count). The van der Waals surface area contributed by atoms with Crippen molar-refractivity contribution in [1.29, 1.82) is 0 Å². The first-order valence-corrected chi connectivity index (χ1v) is 7.68. The summed E-state index contributed by atoms with van der Waals surface area (Å²) in [4.78, 5) is 18.4. The van der Waals surface area contributed by atoms with Gasteiger partial charge < -0.3 is 20.3 Å². The number of hydrogen-bond donors (Lipinski definition) is 2. The highest BCUT2D eigenvalue weighted by molar-refractivity contribution is 5.84. The van der Waals surface area contributed by atoms with E-state index in [2.05, 4.69) is 20.5 Å². The van der Waals surface area contributed by atoms with Crippen LogP contribution in [0.5, 0.6) is 0 Å². The molecular formula is C15H30N4O2. The molecule has 0 aromatic carbocycles. The standard InChI is InChI=1S/C15H30N4O2/c1-6-17-13(20)15(2,3)11-18-14(16-4)19(5)9-12-7-8-21-10-12/h12H,6-11H2,1-5H3,(H,16,18)(H,17,20). The van der Waals surface area contributed by atoms with Gasteiger partial charge in [-0.25, -0.2) is 0 Å². The van der Waals surface area contributed by atoms with Crippen LogP contribution in [0.15, 0.2) is 4.99 Å². The van der Waals surface area contributed by atoms with Crippen molar-refractivity contribution in [2.75, 3.05) is 46.9 Å². The van der Waals surface area contributed by atoms with E-state index in [9.17, 15) is 4.79 Å². The number of guanidine groups is 1. The molecule has 1 heterocycles. The van der Waals surface area contributed by atoms with E-state index in [0.717, 1.165) is 32.1 Å². The number of amides is 1. The second kappa shape index (κ2) is 8.22. The number of aliphatic imine (C=N–C) groups is 1. The molecule has 21 heavy (non-hydrogen) atoms. The van der Waals surface area contributed by atoms with Gasteiger partial charge in [0.1, 0.15) is 0 Å². The Morgan fingerprint density at radius 1 is 1.43 bits per heavy atom. The van der Waals surface area contributed by atoms with E-state index < -0.39 is 5.41 Å². The molecule has 0 bridgehead atoms. The monoisotopic (exact) mass is 298 g/mol. The molecule has 0 aliphatic carbocycles. The zero-order valence-corrected chi connectivity index (χ0v) is 14.0. The van der Waals surface area contributed by atoms with Crippen molar-refractivity contribution < 1.29 is 9.53 Å². The van der Waals surface area contributed by atoms with Crippen LogP contribution in [0, 0.1) is 11.3 Å². The average Bonchev–Trinajstić information content (AvgIpc) is 2.92. The van der Waals surface area contributed by atoms with Gasteiger partial charge in [-0.1, -0.05) is 0 Å². The zero-order chi connectivity index (χ0) is 15.9. The first-order chi connectivity index (χ1) is 9.90. The summed E-state index contributed by atoms with van der Waals surface area (Å²) in [6.45, 7) is 9.60. The molecule has 0 saturated carbocycles. The molecule has 1 unspecified atom stereocenters. The van der Waals surface area contributed by atoms with Crippen molar-refractivity contribution in [3.8, 4) is 0 Å². The lowest BCUT2D eigenvalue weighted by atomic mass is 9.92. The predicted molar refractivity (Wildman–Crippen MR) is 85.4 cm³/mol. The van der Waals surface area contributed by atoms with Crippen LogP contribution < -0.4 is 10.6 Å². The number of ether oxygens (including phenoxy) is 1. The Hall–Kier alpha value is -1.30. The van der Waals surface area contributed by atoms with Crippen molar-refractivity contribution >= 4 is 11.9 Å². The van der Waals surface area contributed by atoms with Gasteiger partial charge >= 0.3 is 0 Å². The summed E-state index contributed by atoms with van der Waals surface area (Å²) in [5, 5.41) is 6.16. The quantitative estimate of drug-likeness (QED) is 0.559. The number of nitrogens with zero attached hydrogens (tertiary/aromatic N) is 2. The lowest BCUT2D eigenvalue weighted by Gasteiger charge is -2.29. The molecule has 6 nitrogen and oxygen atoms in total.